The van der Waals surface area contributed by atoms with Gasteiger partial charge in [0.1, 0.15) is 0 Å². The van der Waals surface area contributed by atoms with Crippen molar-refractivity contribution in [3.63, 3.8) is 0 Å². The molecule has 19 heavy (non-hydrogen) atoms. The van der Waals surface area contributed by atoms with Crippen molar-refractivity contribution in [1.82, 2.24) is 10.2 Å². The van der Waals surface area contributed by atoms with Crippen molar-refractivity contribution in [2.24, 2.45) is 0 Å². The molecule has 0 saturated heterocycles. The Balaban J connectivity index is 2.66. The van der Waals surface area contributed by atoms with Crippen LogP contribution in [-0.4, -0.2) is 43.8 Å². The first-order valence-electron chi connectivity index (χ1n) is 6.00. The van der Waals surface area contributed by atoms with Crippen molar-refractivity contribution >= 4 is 0 Å². The summed E-state index contributed by atoms with van der Waals surface area (Å²) < 4.78 is 37.3. The third-order valence-electron chi connectivity index (χ3n) is 2.77. The molecule has 0 heterocycles. The Kier molecular flexibility index (Phi) is 5.78. The van der Waals surface area contributed by atoms with Crippen LogP contribution < -0.4 is 5.32 Å². The maximum Gasteiger partial charge on any atom is 0.416 e. The Labute approximate surface area is 111 Å². The highest BCUT2D eigenvalue weighted by molar-refractivity contribution is 5.26. The Hall–Kier alpha value is -1.11. The highest BCUT2D eigenvalue weighted by Gasteiger charge is 2.30. The minimum absolute atomic E-state index is 0.154. The highest BCUT2D eigenvalue weighted by atomic mass is 19.4. The van der Waals surface area contributed by atoms with Crippen LogP contribution in [0.4, 0.5) is 13.2 Å². The lowest BCUT2D eigenvalue weighted by molar-refractivity contribution is -0.137. The maximum atomic E-state index is 12.4. The third-order valence-corrected chi connectivity index (χ3v) is 2.77. The van der Waals surface area contributed by atoms with E-state index in [9.17, 15) is 18.3 Å². The minimum Gasteiger partial charge on any atom is -0.394 e. The number of halogens is 3. The molecule has 0 aliphatic carbocycles. The second kappa shape index (κ2) is 6.88. The number of likely N-dealkylation sites (N-methyl/N-ethyl adjacent to an activating group) is 1. The molecular weight excluding hydrogens is 257 g/mol. The van der Waals surface area contributed by atoms with E-state index in [0.717, 1.165) is 18.7 Å². The number of alkyl halides is 3. The lowest BCUT2D eigenvalue weighted by atomic mass is 10.1. The summed E-state index contributed by atoms with van der Waals surface area (Å²) in [4.78, 5) is 1.98. The third kappa shape index (κ3) is 5.18. The number of benzene rings is 1. The molecule has 1 atom stereocenters. The summed E-state index contributed by atoms with van der Waals surface area (Å²) in [6.07, 6.45) is -4.33. The number of nitrogens with zero attached hydrogens (tertiary/aromatic N) is 1. The monoisotopic (exact) mass is 276 g/mol. The first kappa shape index (κ1) is 15.9. The standard InChI is InChI=1S/C13H19F3N2O/c1-18(2)8-7-17-12(9-19)10-3-5-11(6-4-10)13(14,15)16/h3-6,12,17,19H,7-9H2,1-2H3. The fraction of sp³-hybridized carbons (Fsp3) is 0.538. The van der Waals surface area contributed by atoms with Gasteiger partial charge in [0.15, 0.2) is 0 Å². The predicted octanol–water partition coefficient (Wildman–Crippen LogP) is 1.89. The van der Waals surface area contributed by atoms with Crippen molar-refractivity contribution in [1.29, 1.82) is 0 Å². The fourth-order valence-electron chi connectivity index (χ4n) is 1.65. The van der Waals surface area contributed by atoms with E-state index >= 15 is 0 Å². The summed E-state index contributed by atoms with van der Waals surface area (Å²) in [7, 11) is 3.85. The van der Waals surface area contributed by atoms with Crippen molar-refractivity contribution < 1.29 is 18.3 Å². The smallest absolute Gasteiger partial charge is 0.394 e. The average molecular weight is 276 g/mol. The van der Waals surface area contributed by atoms with Gasteiger partial charge in [-0.05, 0) is 31.8 Å². The molecule has 1 aromatic rings. The SMILES string of the molecule is CN(C)CCNC(CO)c1ccc(C(F)(F)F)cc1. The molecule has 2 N–H and O–H groups in total. The maximum absolute atomic E-state index is 12.4. The van der Waals surface area contributed by atoms with Gasteiger partial charge in [-0.15, -0.1) is 0 Å². The zero-order chi connectivity index (χ0) is 14.5. The molecule has 0 radical (unpaired) electrons. The molecule has 1 aromatic carbocycles. The number of aliphatic hydroxyl groups excluding tert-OH is 1. The van der Waals surface area contributed by atoms with Gasteiger partial charge in [0, 0.05) is 13.1 Å². The van der Waals surface area contributed by atoms with Crippen molar-refractivity contribution in [3.05, 3.63) is 35.4 Å². The lowest BCUT2D eigenvalue weighted by Crippen LogP contribution is -2.31. The molecule has 0 aliphatic heterocycles. The van der Waals surface area contributed by atoms with Crippen LogP contribution in [0.5, 0.6) is 0 Å². The van der Waals surface area contributed by atoms with E-state index in [2.05, 4.69) is 5.32 Å². The van der Waals surface area contributed by atoms with Crippen molar-refractivity contribution in [2.75, 3.05) is 33.8 Å². The van der Waals surface area contributed by atoms with E-state index in [4.69, 9.17) is 0 Å². The summed E-state index contributed by atoms with van der Waals surface area (Å²) in [6, 6.07) is 4.51. The summed E-state index contributed by atoms with van der Waals surface area (Å²) in [5.74, 6) is 0. The number of rotatable bonds is 6. The number of nitrogens with one attached hydrogen (secondary N) is 1. The average Bonchev–Trinajstić information content (AvgIpc) is 2.33. The summed E-state index contributed by atoms with van der Waals surface area (Å²) in [5.41, 5.74) is -0.0320. The predicted molar refractivity (Wildman–Crippen MR) is 67.8 cm³/mol. The van der Waals surface area contributed by atoms with Crippen LogP contribution >= 0.6 is 0 Å². The van der Waals surface area contributed by atoms with Gasteiger partial charge in [-0.25, -0.2) is 0 Å². The number of aliphatic hydroxyl groups is 1. The minimum atomic E-state index is -4.33. The fourth-order valence-corrected chi connectivity index (χ4v) is 1.65. The van der Waals surface area contributed by atoms with Crippen molar-refractivity contribution in [2.45, 2.75) is 12.2 Å². The van der Waals surface area contributed by atoms with Gasteiger partial charge in [-0.1, -0.05) is 12.1 Å². The summed E-state index contributed by atoms with van der Waals surface area (Å²) in [5, 5.41) is 12.4. The van der Waals surface area contributed by atoms with E-state index in [1.165, 1.54) is 12.1 Å². The van der Waals surface area contributed by atoms with E-state index in [1.54, 1.807) is 0 Å². The van der Waals surface area contributed by atoms with E-state index in [0.29, 0.717) is 12.1 Å². The van der Waals surface area contributed by atoms with E-state index in [1.807, 2.05) is 19.0 Å². The van der Waals surface area contributed by atoms with Crippen molar-refractivity contribution in [3.8, 4) is 0 Å². The Bertz CT molecular complexity index is 376. The Morgan fingerprint density at radius 2 is 1.79 bits per heavy atom. The molecule has 1 rings (SSSR count). The molecular formula is C13H19F3N2O. The van der Waals surface area contributed by atoms with E-state index in [-0.39, 0.29) is 12.6 Å². The number of hydrogen-bond acceptors (Lipinski definition) is 3. The summed E-state index contributed by atoms with van der Waals surface area (Å²) >= 11 is 0. The molecule has 0 fully saturated rings. The molecule has 6 heteroatoms. The van der Waals surface area contributed by atoms with Gasteiger partial charge in [-0.2, -0.15) is 13.2 Å². The Morgan fingerprint density at radius 1 is 1.21 bits per heavy atom. The zero-order valence-electron chi connectivity index (χ0n) is 11.0. The van der Waals surface area contributed by atoms with E-state index < -0.39 is 11.7 Å². The molecule has 108 valence electrons. The second-order valence-corrected chi connectivity index (χ2v) is 4.61. The number of hydrogen-bond donors (Lipinski definition) is 2. The van der Waals surface area contributed by atoms with Crippen LogP contribution in [0.25, 0.3) is 0 Å². The molecule has 3 nitrogen and oxygen atoms in total. The summed E-state index contributed by atoms with van der Waals surface area (Å²) in [6.45, 7) is 1.29. The van der Waals surface area contributed by atoms with Gasteiger partial charge in [0.25, 0.3) is 0 Å². The van der Waals surface area contributed by atoms with Gasteiger partial charge < -0.3 is 15.3 Å². The van der Waals surface area contributed by atoms with Crippen LogP contribution in [0.15, 0.2) is 24.3 Å². The lowest BCUT2D eigenvalue weighted by Gasteiger charge is -2.19. The highest BCUT2D eigenvalue weighted by Crippen LogP contribution is 2.29. The first-order valence-corrected chi connectivity index (χ1v) is 6.00. The molecule has 0 amide bonds. The second-order valence-electron chi connectivity index (χ2n) is 4.61. The molecule has 0 aliphatic rings. The molecule has 0 saturated carbocycles. The molecule has 0 spiro atoms. The van der Waals surface area contributed by atoms with Gasteiger partial charge >= 0.3 is 6.18 Å². The van der Waals surface area contributed by atoms with Gasteiger partial charge in [-0.3, -0.25) is 0 Å². The Morgan fingerprint density at radius 3 is 2.21 bits per heavy atom. The first-order chi connectivity index (χ1) is 8.84. The topological polar surface area (TPSA) is 35.5 Å². The quantitative estimate of drug-likeness (QED) is 0.833. The van der Waals surface area contributed by atoms with Crippen LogP contribution in [0.3, 0.4) is 0 Å². The zero-order valence-corrected chi connectivity index (χ0v) is 11.0. The van der Waals surface area contributed by atoms with Crippen LogP contribution in [0.1, 0.15) is 17.2 Å². The molecule has 0 aromatic heterocycles. The molecule has 0 bridgehead atoms. The van der Waals surface area contributed by atoms with Gasteiger partial charge in [0.05, 0.1) is 18.2 Å². The molecule has 1 unspecified atom stereocenters. The normalized spacial score (nSPS) is 13.8. The van der Waals surface area contributed by atoms with Crippen LogP contribution in [0.2, 0.25) is 0 Å². The largest absolute Gasteiger partial charge is 0.416 e. The van der Waals surface area contributed by atoms with Gasteiger partial charge in [0.2, 0.25) is 0 Å². The van der Waals surface area contributed by atoms with Crippen LogP contribution in [0, 0.1) is 0 Å². The van der Waals surface area contributed by atoms with Crippen LogP contribution in [-0.2, 0) is 6.18 Å².